The SMILES string of the molecule is [CH3][Sn]([CH3])([CH3])[O]C(=O)C(O)c1ccccc1. The molecule has 1 atom stereocenters. The zero-order valence-corrected chi connectivity index (χ0v) is 12.1. The van der Waals surface area contributed by atoms with E-state index in [1.165, 1.54) is 0 Å². The van der Waals surface area contributed by atoms with Crippen LogP contribution >= 0.6 is 0 Å². The Labute approximate surface area is 94.5 Å². The minimum atomic E-state index is -2.62. The van der Waals surface area contributed by atoms with Gasteiger partial charge in [-0.05, 0) is 0 Å². The van der Waals surface area contributed by atoms with E-state index >= 15 is 0 Å². The molecule has 1 rings (SSSR count). The number of aliphatic hydroxyl groups is 1. The molecule has 0 bridgehead atoms. The second-order valence-corrected chi connectivity index (χ2v) is 17.0. The number of hydrogen-bond acceptors (Lipinski definition) is 3. The molecule has 15 heavy (non-hydrogen) atoms. The van der Waals surface area contributed by atoms with Crippen LogP contribution in [0.15, 0.2) is 30.3 Å². The van der Waals surface area contributed by atoms with Gasteiger partial charge >= 0.3 is 94.6 Å². The van der Waals surface area contributed by atoms with Gasteiger partial charge in [0.2, 0.25) is 0 Å². The first-order valence-corrected chi connectivity index (χ1v) is 14.6. The summed E-state index contributed by atoms with van der Waals surface area (Å²) in [6.07, 6.45) is -1.15. The van der Waals surface area contributed by atoms with Crippen LogP contribution in [-0.2, 0) is 7.87 Å². The van der Waals surface area contributed by atoms with Gasteiger partial charge in [-0.2, -0.15) is 0 Å². The molecular formula is C11H16O3Sn. The fourth-order valence-electron chi connectivity index (χ4n) is 1.13. The fraction of sp³-hybridized carbons (Fsp3) is 0.364. The second kappa shape index (κ2) is 4.98. The molecule has 0 aliphatic carbocycles. The first-order chi connectivity index (χ1) is 6.90. The zero-order valence-electron chi connectivity index (χ0n) is 9.23. The third-order valence-corrected chi connectivity index (χ3v) is 4.07. The van der Waals surface area contributed by atoms with Crippen molar-refractivity contribution in [1.82, 2.24) is 0 Å². The number of benzene rings is 1. The van der Waals surface area contributed by atoms with Crippen LogP contribution < -0.4 is 0 Å². The predicted molar refractivity (Wildman–Crippen MR) is 60.8 cm³/mol. The standard InChI is InChI=1S/C8H8O3.3CH3.Sn/c9-7(8(10)11)6-4-2-1-3-5-6;;;;/h1-5,7,9H,(H,10,11);3*1H3;/q;;;;+1/p-1. The molecule has 0 saturated carbocycles. The molecule has 82 valence electrons. The molecule has 0 aliphatic rings. The van der Waals surface area contributed by atoms with Crippen molar-refractivity contribution in [2.75, 3.05) is 0 Å². The van der Waals surface area contributed by atoms with Crippen LogP contribution in [0.1, 0.15) is 11.7 Å². The van der Waals surface area contributed by atoms with Crippen LogP contribution in [0.5, 0.6) is 0 Å². The molecule has 1 N–H and O–H groups in total. The van der Waals surface area contributed by atoms with Gasteiger partial charge in [-0.25, -0.2) is 0 Å². The minimum absolute atomic E-state index is 0.524. The maximum atomic E-state index is 11.5. The Morgan fingerprint density at radius 1 is 1.27 bits per heavy atom. The molecule has 1 unspecified atom stereocenters. The molecule has 3 nitrogen and oxygen atoms in total. The quantitative estimate of drug-likeness (QED) is 0.869. The van der Waals surface area contributed by atoms with Gasteiger partial charge in [-0.1, -0.05) is 0 Å². The van der Waals surface area contributed by atoms with Crippen molar-refractivity contribution in [2.24, 2.45) is 0 Å². The summed E-state index contributed by atoms with van der Waals surface area (Å²) in [5, 5.41) is 9.71. The Bertz CT molecular complexity index is 329. The van der Waals surface area contributed by atoms with E-state index in [1.807, 2.05) is 20.9 Å². The van der Waals surface area contributed by atoms with Crippen molar-refractivity contribution >= 4 is 24.8 Å². The molecule has 0 amide bonds. The monoisotopic (exact) mass is 316 g/mol. The average Bonchev–Trinajstić information content (AvgIpc) is 2.15. The first-order valence-electron chi connectivity index (χ1n) is 4.86. The van der Waals surface area contributed by atoms with E-state index in [0.717, 1.165) is 0 Å². The summed E-state index contributed by atoms with van der Waals surface area (Å²) in [6.45, 7) is 0. The number of carbonyl (C=O) groups is 1. The molecule has 0 spiro atoms. The van der Waals surface area contributed by atoms with E-state index in [9.17, 15) is 9.90 Å². The summed E-state index contributed by atoms with van der Waals surface area (Å²) in [4.78, 5) is 17.5. The molecule has 0 aliphatic heterocycles. The molecule has 1 aromatic rings. The van der Waals surface area contributed by atoms with Gasteiger partial charge in [0.1, 0.15) is 0 Å². The van der Waals surface area contributed by atoms with Crippen LogP contribution in [0.4, 0.5) is 0 Å². The second-order valence-electron chi connectivity index (χ2n) is 4.35. The van der Waals surface area contributed by atoms with E-state index in [0.29, 0.717) is 5.56 Å². The summed E-state index contributed by atoms with van der Waals surface area (Å²) in [5.74, 6) is -0.524. The van der Waals surface area contributed by atoms with E-state index < -0.39 is 30.9 Å². The number of aliphatic hydroxyl groups excluding tert-OH is 1. The Kier molecular flexibility index (Phi) is 4.16. The van der Waals surface area contributed by atoms with E-state index in [4.69, 9.17) is 3.07 Å². The third kappa shape index (κ3) is 4.22. The fourth-order valence-corrected chi connectivity index (χ4v) is 3.17. The van der Waals surface area contributed by atoms with Crippen LogP contribution in [0.3, 0.4) is 0 Å². The van der Waals surface area contributed by atoms with Crippen LogP contribution in [0.2, 0.25) is 14.8 Å². The molecule has 0 radical (unpaired) electrons. The van der Waals surface area contributed by atoms with Crippen LogP contribution in [0.25, 0.3) is 0 Å². The normalized spacial score (nSPS) is 13.3. The maximum absolute atomic E-state index is 11.5. The van der Waals surface area contributed by atoms with Gasteiger partial charge in [-0.15, -0.1) is 0 Å². The van der Waals surface area contributed by atoms with Crippen molar-refractivity contribution in [3.63, 3.8) is 0 Å². The molecule has 0 aromatic heterocycles. The van der Waals surface area contributed by atoms with E-state index in [2.05, 4.69) is 0 Å². The van der Waals surface area contributed by atoms with Crippen molar-refractivity contribution in [1.29, 1.82) is 0 Å². The Hall–Kier alpha value is -0.551. The molecular weight excluding hydrogens is 299 g/mol. The molecule has 0 saturated heterocycles. The van der Waals surface area contributed by atoms with Crippen molar-refractivity contribution in [2.45, 2.75) is 20.9 Å². The third-order valence-electron chi connectivity index (χ3n) is 1.75. The number of hydrogen-bond donors (Lipinski definition) is 1. The van der Waals surface area contributed by atoms with Gasteiger partial charge in [-0.3, -0.25) is 0 Å². The van der Waals surface area contributed by atoms with Crippen molar-refractivity contribution < 1.29 is 13.0 Å². The van der Waals surface area contributed by atoms with Gasteiger partial charge in [0.25, 0.3) is 0 Å². The summed E-state index contributed by atoms with van der Waals surface area (Å²) in [6, 6.07) is 8.83. The van der Waals surface area contributed by atoms with E-state index in [1.54, 1.807) is 24.3 Å². The summed E-state index contributed by atoms with van der Waals surface area (Å²) >= 11 is -2.62. The average molecular weight is 315 g/mol. The van der Waals surface area contributed by atoms with Gasteiger partial charge in [0.15, 0.2) is 0 Å². The number of rotatable bonds is 3. The van der Waals surface area contributed by atoms with E-state index in [-0.39, 0.29) is 0 Å². The van der Waals surface area contributed by atoms with Crippen LogP contribution in [-0.4, -0.2) is 29.9 Å². The Balaban J connectivity index is 2.70. The Morgan fingerprint density at radius 3 is 2.27 bits per heavy atom. The summed E-state index contributed by atoms with van der Waals surface area (Å²) in [5.41, 5.74) is 0.582. The molecule has 4 heteroatoms. The summed E-state index contributed by atoms with van der Waals surface area (Å²) in [7, 11) is 0. The van der Waals surface area contributed by atoms with Gasteiger partial charge in [0.05, 0.1) is 0 Å². The van der Waals surface area contributed by atoms with Gasteiger partial charge in [0, 0.05) is 0 Å². The van der Waals surface area contributed by atoms with Gasteiger partial charge < -0.3 is 0 Å². The topological polar surface area (TPSA) is 46.5 Å². The van der Waals surface area contributed by atoms with Crippen molar-refractivity contribution in [3.8, 4) is 0 Å². The zero-order chi connectivity index (χ0) is 11.5. The van der Waals surface area contributed by atoms with Crippen LogP contribution in [0, 0.1) is 0 Å². The molecule has 1 aromatic carbocycles. The van der Waals surface area contributed by atoms with Crippen molar-refractivity contribution in [3.05, 3.63) is 35.9 Å². The molecule has 0 heterocycles. The summed E-state index contributed by atoms with van der Waals surface area (Å²) < 4.78 is 5.27. The molecule has 0 fully saturated rings. The first kappa shape index (κ1) is 12.5. The Morgan fingerprint density at radius 2 is 1.80 bits per heavy atom. The predicted octanol–water partition coefficient (Wildman–Crippen LogP) is 2.10. The number of carbonyl (C=O) groups excluding carboxylic acids is 1.